The number of sulfonamides is 1. The van der Waals surface area contributed by atoms with Gasteiger partial charge in [-0.1, -0.05) is 12.0 Å². The lowest BCUT2D eigenvalue weighted by atomic mass is 10.0. The van der Waals surface area contributed by atoms with E-state index in [1.54, 1.807) is 4.31 Å². The number of aryl methyl sites for hydroxylation is 2. The van der Waals surface area contributed by atoms with Crippen LogP contribution in [-0.4, -0.2) is 57.9 Å². The van der Waals surface area contributed by atoms with Crippen molar-refractivity contribution in [2.24, 2.45) is 0 Å². The molecule has 0 atom stereocenters. The molecule has 0 radical (unpaired) electrons. The third-order valence-electron chi connectivity index (χ3n) is 5.12. The number of amides is 1. The summed E-state index contributed by atoms with van der Waals surface area (Å²) in [5.41, 5.74) is 3.61. The van der Waals surface area contributed by atoms with Crippen LogP contribution < -0.4 is 10.2 Å². The summed E-state index contributed by atoms with van der Waals surface area (Å²) in [4.78, 5) is 13.3. The Hall–Kier alpha value is -1.88. The molecule has 1 aromatic carbocycles. The van der Waals surface area contributed by atoms with Crippen molar-refractivity contribution >= 4 is 15.9 Å². The van der Waals surface area contributed by atoms with Crippen molar-refractivity contribution in [1.29, 1.82) is 0 Å². The Balaban J connectivity index is 2.12. The first kappa shape index (κ1) is 20.4. The topological polar surface area (TPSA) is 70.9 Å². The quantitative estimate of drug-likeness (QED) is 0.683. The van der Waals surface area contributed by atoms with E-state index in [4.69, 9.17) is 6.42 Å². The molecule has 1 amide bonds. The minimum Gasteiger partial charge on any atom is -0.340 e. The SMILES string of the molecule is C#CCNC(=O)C[NH+]1CCN(S(=O)(=O)c2c(C)c(C)cc(C)c2C)CC1. The van der Waals surface area contributed by atoms with Gasteiger partial charge in [-0.05, 0) is 49.9 Å². The van der Waals surface area contributed by atoms with Crippen LogP contribution in [0, 0.1) is 40.0 Å². The zero-order valence-electron chi connectivity index (χ0n) is 16.0. The fourth-order valence-corrected chi connectivity index (χ4v) is 5.37. The highest BCUT2D eigenvalue weighted by Crippen LogP contribution is 2.28. The summed E-state index contributed by atoms with van der Waals surface area (Å²) in [6.45, 7) is 10.2. The van der Waals surface area contributed by atoms with Gasteiger partial charge < -0.3 is 10.2 Å². The average Bonchev–Trinajstić information content (AvgIpc) is 2.58. The Morgan fingerprint density at radius 1 is 1.19 bits per heavy atom. The van der Waals surface area contributed by atoms with E-state index in [0.717, 1.165) is 27.2 Å². The van der Waals surface area contributed by atoms with Gasteiger partial charge >= 0.3 is 0 Å². The first-order valence-electron chi connectivity index (χ1n) is 8.79. The fourth-order valence-electron chi connectivity index (χ4n) is 3.36. The summed E-state index contributed by atoms with van der Waals surface area (Å²) in [6.07, 6.45) is 5.13. The minimum atomic E-state index is -3.54. The van der Waals surface area contributed by atoms with E-state index in [1.807, 2.05) is 33.8 Å². The number of rotatable bonds is 5. The molecule has 1 aromatic rings. The standard InChI is InChI=1S/C19H27N3O3S/c1-6-7-20-18(23)13-21-8-10-22(11-9-21)26(24,25)19-16(4)14(2)12-15(3)17(19)5/h1,12H,7-11,13H2,2-5H3,(H,20,23)/p+1. The van der Waals surface area contributed by atoms with E-state index in [2.05, 4.69) is 11.2 Å². The summed E-state index contributed by atoms with van der Waals surface area (Å²) < 4.78 is 28.0. The Bertz CT molecular complexity index is 806. The van der Waals surface area contributed by atoms with Crippen molar-refractivity contribution in [2.45, 2.75) is 32.6 Å². The number of carbonyl (C=O) groups is 1. The van der Waals surface area contributed by atoms with Crippen molar-refractivity contribution in [3.8, 4) is 12.3 Å². The lowest BCUT2D eigenvalue weighted by Crippen LogP contribution is -3.15. The van der Waals surface area contributed by atoms with Crippen molar-refractivity contribution in [2.75, 3.05) is 39.3 Å². The number of benzene rings is 1. The van der Waals surface area contributed by atoms with E-state index in [1.165, 1.54) is 0 Å². The highest BCUT2D eigenvalue weighted by atomic mass is 32.2. The molecular formula is C19H28N3O3S+. The van der Waals surface area contributed by atoms with Crippen LogP contribution >= 0.6 is 0 Å². The van der Waals surface area contributed by atoms with Crippen molar-refractivity contribution in [1.82, 2.24) is 9.62 Å². The smallest absolute Gasteiger partial charge is 0.275 e. The van der Waals surface area contributed by atoms with Crippen LogP contribution in [-0.2, 0) is 14.8 Å². The average molecular weight is 379 g/mol. The second kappa shape index (κ2) is 8.21. The molecule has 2 rings (SSSR count). The molecule has 7 heteroatoms. The third-order valence-corrected chi connectivity index (χ3v) is 7.30. The molecule has 0 spiro atoms. The number of terminal acetylenes is 1. The zero-order valence-corrected chi connectivity index (χ0v) is 16.8. The second-order valence-corrected chi connectivity index (χ2v) is 8.78. The second-order valence-electron chi connectivity index (χ2n) is 6.90. The van der Waals surface area contributed by atoms with Gasteiger partial charge in [-0.25, -0.2) is 8.42 Å². The van der Waals surface area contributed by atoms with Gasteiger partial charge in [0.15, 0.2) is 6.54 Å². The molecule has 0 aliphatic carbocycles. The summed E-state index contributed by atoms with van der Waals surface area (Å²) in [5, 5.41) is 2.65. The number of hydrogen-bond acceptors (Lipinski definition) is 3. The predicted octanol–water partition coefficient (Wildman–Crippen LogP) is -0.441. The summed E-state index contributed by atoms with van der Waals surface area (Å²) in [5.74, 6) is 2.27. The van der Waals surface area contributed by atoms with Crippen molar-refractivity contribution in [3.63, 3.8) is 0 Å². The molecule has 2 N–H and O–H groups in total. The van der Waals surface area contributed by atoms with Gasteiger partial charge in [0.25, 0.3) is 5.91 Å². The Morgan fingerprint density at radius 2 is 1.73 bits per heavy atom. The molecule has 0 bridgehead atoms. The van der Waals surface area contributed by atoms with Gasteiger partial charge in [0.05, 0.1) is 37.6 Å². The first-order valence-corrected chi connectivity index (χ1v) is 10.2. The van der Waals surface area contributed by atoms with E-state index >= 15 is 0 Å². The normalized spacial score (nSPS) is 16.3. The van der Waals surface area contributed by atoms with Crippen LogP contribution in [0.5, 0.6) is 0 Å². The largest absolute Gasteiger partial charge is 0.340 e. The van der Waals surface area contributed by atoms with Gasteiger partial charge in [-0.3, -0.25) is 4.79 Å². The van der Waals surface area contributed by atoms with E-state index in [9.17, 15) is 13.2 Å². The number of quaternary nitrogens is 1. The van der Waals surface area contributed by atoms with E-state index in [-0.39, 0.29) is 12.5 Å². The number of piperazine rings is 1. The predicted molar refractivity (Wildman–Crippen MR) is 102 cm³/mol. The summed E-state index contributed by atoms with van der Waals surface area (Å²) in [7, 11) is -3.54. The number of carbonyl (C=O) groups excluding carboxylic acids is 1. The Morgan fingerprint density at radius 3 is 2.23 bits per heavy atom. The molecule has 6 nitrogen and oxygen atoms in total. The Kier molecular flexibility index (Phi) is 6.45. The van der Waals surface area contributed by atoms with Gasteiger partial charge in [0.2, 0.25) is 10.0 Å². The van der Waals surface area contributed by atoms with E-state index < -0.39 is 10.0 Å². The van der Waals surface area contributed by atoms with Gasteiger partial charge in [0, 0.05) is 0 Å². The van der Waals surface area contributed by atoms with Crippen molar-refractivity contribution in [3.05, 3.63) is 28.3 Å². The lowest BCUT2D eigenvalue weighted by molar-refractivity contribution is -0.895. The van der Waals surface area contributed by atoms with Gasteiger partial charge in [-0.2, -0.15) is 4.31 Å². The van der Waals surface area contributed by atoms with E-state index in [0.29, 0.717) is 37.6 Å². The lowest BCUT2D eigenvalue weighted by Gasteiger charge is -2.32. The van der Waals surface area contributed by atoms with Crippen LogP contribution in [0.15, 0.2) is 11.0 Å². The molecule has 1 heterocycles. The summed E-state index contributed by atoms with van der Waals surface area (Å²) in [6, 6.07) is 2.03. The molecule has 0 aromatic heterocycles. The highest BCUT2D eigenvalue weighted by Gasteiger charge is 2.33. The minimum absolute atomic E-state index is 0.102. The zero-order chi connectivity index (χ0) is 19.5. The summed E-state index contributed by atoms with van der Waals surface area (Å²) >= 11 is 0. The molecule has 1 aliphatic heterocycles. The van der Waals surface area contributed by atoms with Crippen LogP contribution in [0.1, 0.15) is 22.3 Å². The molecule has 1 fully saturated rings. The molecule has 0 saturated carbocycles. The fraction of sp³-hybridized carbons (Fsp3) is 0.526. The van der Waals surface area contributed by atoms with Crippen LogP contribution in [0.25, 0.3) is 0 Å². The third kappa shape index (κ3) is 4.26. The van der Waals surface area contributed by atoms with Crippen molar-refractivity contribution < 1.29 is 18.1 Å². The van der Waals surface area contributed by atoms with Gasteiger partial charge in [-0.15, -0.1) is 6.42 Å². The number of hydrogen-bond donors (Lipinski definition) is 2. The molecule has 0 unspecified atom stereocenters. The number of nitrogens with one attached hydrogen (secondary N) is 2. The number of nitrogens with zero attached hydrogens (tertiary/aromatic N) is 1. The molecule has 1 aliphatic rings. The molecular weight excluding hydrogens is 350 g/mol. The first-order chi connectivity index (χ1) is 12.2. The maximum absolute atomic E-state index is 13.2. The molecule has 1 saturated heterocycles. The van der Waals surface area contributed by atoms with Gasteiger partial charge in [0.1, 0.15) is 0 Å². The maximum Gasteiger partial charge on any atom is 0.275 e. The van der Waals surface area contributed by atoms with Crippen LogP contribution in [0.3, 0.4) is 0 Å². The van der Waals surface area contributed by atoms with Crippen LogP contribution in [0.4, 0.5) is 0 Å². The maximum atomic E-state index is 13.2. The monoisotopic (exact) mass is 378 g/mol. The highest BCUT2D eigenvalue weighted by molar-refractivity contribution is 7.89. The molecule has 26 heavy (non-hydrogen) atoms. The van der Waals surface area contributed by atoms with Crippen LogP contribution in [0.2, 0.25) is 0 Å². The Labute approximate surface area is 156 Å². The molecule has 142 valence electrons.